The van der Waals surface area contributed by atoms with E-state index in [1.54, 1.807) is 0 Å². The molecule has 0 heterocycles. The lowest BCUT2D eigenvalue weighted by Crippen LogP contribution is -2.29. The van der Waals surface area contributed by atoms with E-state index in [4.69, 9.17) is 24.3 Å². The predicted octanol–water partition coefficient (Wildman–Crippen LogP) is 12.4. The van der Waals surface area contributed by atoms with Crippen LogP contribution < -0.4 is 5.73 Å². The van der Waals surface area contributed by atoms with E-state index < -0.39 is 26.5 Å². The van der Waals surface area contributed by atoms with Gasteiger partial charge >= 0.3 is 19.8 Å². The van der Waals surface area contributed by atoms with Crippen LogP contribution in [-0.2, 0) is 32.7 Å². The Hall–Kier alpha value is -0.990. The molecule has 3 N–H and O–H groups in total. The minimum atomic E-state index is -4.37. The Morgan fingerprint density at radius 1 is 0.500 bits per heavy atom. The van der Waals surface area contributed by atoms with Gasteiger partial charge in [-0.3, -0.25) is 18.6 Å². The number of hydrogen-bond donors (Lipinski definition) is 2. The molecule has 0 aromatic rings. The Kier molecular flexibility index (Phi) is 38.9. The number of carbonyl (C=O) groups is 2. The first kappa shape index (κ1) is 51.0. The van der Waals surface area contributed by atoms with Crippen LogP contribution >= 0.6 is 7.82 Å². The Morgan fingerprint density at radius 3 is 1.17 bits per heavy atom. The van der Waals surface area contributed by atoms with E-state index in [0.717, 1.165) is 32.1 Å². The van der Waals surface area contributed by atoms with E-state index in [9.17, 15) is 19.0 Å². The Morgan fingerprint density at radius 2 is 0.827 bits per heavy atom. The molecule has 0 aromatic heterocycles. The standard InChI is InChI=1S/C42H84NO8P/c1-3-5-7-9-11-13-15-16-17-18-19-20-21-22-23-25-27-29-31-33-35-42(45)51-40(39-50-52(46,47)49-37-36-43)38-48-41(44)34-32-30-28-26-24-14-12-10-8-6-4-2/h40H,3-39,43H2,1-2H3,(H,46,47)/t40-/m1/s1. The van der Waals surface area contributed by atoms with E-state index in [-0.39, 0.29) is 38.6 Å². The third kappa shape index (κ3) is 38.7. The largest absolute Gasteiger partial charge is 0.472 e. The van der Waals surface area contributed by atoms with E-state index in [1.165, 1.54) is 161 Å². The van der Waals surface area contributed by atoms with Gasteiger partial charge in [-0.05, 0) is 12.8 Å². The number of rotatable bonds is 42. The van der Waals surface area contributed by atoms with Crippen molar-refractivity contribution in [1.82, 2.24) is 0 Å². The van der Waals surface area contributed by atoms with E-state index in [2.05, 4.69) is 13.8 Å². The molecule has 0 rings (SSSR count). The van der Waals surface area contributed by atoms with E-state index >= 15 is 0 Å². The first-order chi connectivity index (χ1) is 25.3. The summed E-state index contributed by atoms with van der Waals surface area (Å²) in [7, 11) is -4.37. The minimum Gasteiger partial charge on any atom is -0.462 e. The van der Waals surface area contributed by atoms with Crippen LogP contribution in [0.3, 0.4) is 0 Å². The van der Waals surface area contributed by atoms with Gasteiger partial charge in [0.15, 0.2) is 6.10 Å². The molecule has 0 amide bonds. The normalized spacial score (nSPS) is 13.2. The fourth-order valence-corrected chi connectivity index (χ4v) is 7.23. The molecule has 10 heteroatoms. The van der Waals surface area contributed by atoms with Crippen LogP contribution in [-0.4, -0.2) is 49.3 Å². The zero-order valence-corrected chi connectivity index (χ0v) is 35.0. The van der Waals surface area contributed by atoms with Crippen LogP contribution in [0.1, 0.15) is 226 Å². The third-order valence-electron chi connectivity index (χ3n) is 9.74. The van der Waals surface area contributed by atoms with Gasteiger partial charge in [-0.2, -0.15) is 0 Å². The fourth-order valence-electron chi connectivity index (χ4n) is 6.46. The predicted molar refractivity (Wildman–Crippen MR) is 215 cm³/mol. The number of esters is 2. The van der Waals surface area contributed by atoms with Gasteiger partial charge in [0, 0.05) is 19.4 Å². The minimum absolute atomic E-state index is 0.0580. The lowest BCUT2D eigenvalue weighted by Gasteiger charge is -2.19. The molecule has 0 bridgehead atoms. The summed E-state index contributed by atoms with van der Waals surface area (Å²) in [6.45, 7) is 3.76. The maximum atomic E-state index is 12.6. The zero-order chi connectivity index (χ0) is 38.2. The second-order valence-electron chi connectivity index (χ2n) is 14.9. The maximum absolute atomic E-state index is 12.6. The van der Waals surface area contributed by atoms with Crippen molar-refractivity contribution in [3.8, 4) is 0 Å². The van der Waals surface area contributed by atoms with Gasteiger partial charge in [-0.1, -0.05) is 200 Å². The molecular weight excluding hydrogens is 677 g/mol. The van der Waals surface area contributed by atoms with Crippen molar-refractivity contribution in [2.45, 2.75) is 232 Å². The number of carbonyl (C=O) groups excluding carboxylic acids is 2. The third-order valence-corrected chi connectivity index (χ3v) is 10.7. The molecule has 2 atom stereocenters. The Bertz CT molecular complexity index is 830. The monoisotopic (exact) mass is 762 g/mol. The van der Waals surface area contributed by atoms with E-state index in [0.29, 0.717) is 6.42 Å². The molecule has 9 nitrogen and oxygen atoms in total. The van der Waals surface area contributed by atoms with Gasteiger partial charge in [0.1, 0.15) is 6.61 Å². The molecule has 0 saturated heterocycles. The first-order valence-corrected chi connectivity index (χ1v) is 23.5. The summed E-state index contributed by atoms with van der Waals surface area (Å²) < 4.78 is 32.7. The molecular formula is C42H84NO8P. The fraction of sp³-hybridized carbons (Fsp3) is 0.952. The van der Waals surface area contributed by atoms with Crippen LogP contribution in [0.4, 0.5) is 0 Å². The molecule has 1 unspecified atom stereocenters. The van der Waals surface area contributed by atoms with Crippen LogP contribution in [0.25, 0.3) is 0 Å². The first-order valence-electron chi connectivity index (χ1n) is 22.0. The summed E-state index contributed by atoms with van der Waals surface area (Å²) in [5.41, 5.74) is 5.34. The highest BCUT2D eigenvalue weighted by molar-refractivity contribution is 7.47. The van der Waals surface area contributed by atoms with Crippen molar-refractivity contribution in [2.75, 3.05) is 26.4 Å². The summed E-state index contributed by atoms with van der Waals surface area (Å²) in [4.78, 5) is 34.8. The highest BCUT2D eigenvalue weighted by atomic mass is 31.2. The average Bonchev–Trinajstić information content (AvgIpc) is 3.13. The van der Waals surface area contributed by atoms with Crippen LogP contribution in [0.15, 0.2) is 0 Å². The van der Waals surface area contributed by atoms with Gasteiger partial charge in [-0.25, -0.2) is 4.57 Å². The van der Waals surface area contributed by atoms with Gasteiger partial charge < -0.3 is 20.1 Å². The molecule has 0 aliphatic heterocycles. The molecule has 52 heavy (non-hydrogen) atoms. The summed E-state index contributed by atoms with van der Waals surface area (Å²) in [6.07, 6.45) is 38.5. The molecule has 0 radical (unpaired) electrons. The van der Waals surface area contributed by atoms with Gasteiger partial charge in [-0.15, -0.1) is 0 Å². The average molecular weight is 762 g/mol. The molecule has 0 aromatic carbocycles. The second kappa shape index (κ2) is 39.7. The number of nitrogens with two attached hydrogens (primary N) is 1. The van der Waals surface area contributed by atoms with Crippen LogP contribution in [0, 0.1) is 0 Å². The number of phosphoric ester groups is 1. The summed E-state index contributed by atoms with van der Waals surface area (Å²) in [6, 6.07) is 0. The molecule has 0 saturated carbocycles. The van der Waals surface area contributed by atoms with Crippen molar-refractivity contribution >= 4 is 19.8 Å². The van der Waals surface area contributed by atoms with Crippen molar-refractivity contribution < 1.29 is 37.6 Å². The Labute approximate surface area is 320 Å². The Balaban J connectivity index is 4.04. The smallest absolute Gasteiger partial charge is 0.462 e. The topological polar surface area (TPSA) is 134 Å². The number of phosphoric acid groups is 1. The van der Waals surface area contributed by atoms with Gasteiger partial charge in [0.2, 0.25) is 0 Å². The lowest BCUT2D eigenvalue weighted by atomic mass is 10.0. The molecule has 0 spiro atoms. The van der Waals surface area contributed by atoms with Crippen molar-refractivity contribution in [2.24, 2.45) is 5.73 Å². The molecule has 310 valence electrons. The lowest BCUT2D eigenvalue weighted by molar-refractivity contribution is -0.161. The SMILES string of the molecule is CCCCCCCCCCCCCCCCCCCCCCC(=O)O[C@H](COC(=O)CCCCCCCCCCCCC)COP(=O)(O)OCCN. The molecule has 0 fully saturated rings. The summed E-state index contributed by atoms with van der Waals surface area (Å²) in [5.74, 6) is -0.814. The highest BCUT2D eigenvalue weighted by Gasteiger charge is 2.26. The van der Waals surface area contributed by atoms with Gasteiger partial charge in [0.25, 0.3) is 0 Å². The molecule has 0 aliphatic carbocycles. The van der Waals surface area contributed by atoms with Gasteiger partial charge in [0.05, 0.1) is 13.2 Å². The molecule has 0 aliphatic rings. The van der Waals surface area contributed by atoms with E-state index in [1.807, 2.05) is 0 Å². The second-order valence-corrected chi connectivity index (χ2v) is 16.4. The number of hydrogen-bond acceptors (Lipinski definition) is 8. The van der Waals surface area contributed by atoms with Crippen molar-refractivity contribution in [3.63, 3.8) is 0 Å². The zero-order valence-electron chi connectivity index (χ0n) is 34.1. The van der Waals surface area contributed by atoms with Crippen LogP contribution in [0.2, 0.25) is 0 Å². The van der Waals surface area contributed by atoms with Crippen LogP contribution in [0.5, 0.6) is 0 Å². The maximum Gasteiger partial charge on any atom is 0.472 e. The van der Waals surface area contributed by atoms with Crippen molar-refractivity contribution in [1.29, 1.82) is 0 Å². The summed E-state index contributed by atoms with van der Waals surface area (Å²) >= 11 is 0. The number of unbranched alkanes of at least 4 members (excludes halogenated alkanes) is 29. The van der Waals surface area contributed by atoms with Crippen molar-refractivity contribution in [3.05, 3.63) is 0 Å². The quantitative estimate of drug-likeness (QED) is 0.0354. The summed E-state index contributed by atoms with van der Waals surface area (Å²) in [5, 5.41) is 0. The highest BCUT2D eigenvalue weighted by Crippen LogP contribution is 2.43. The number of ether oxygens (including phenoxy) is 2.